The highest BCUT2D eigenvalue weighted by atomic mass is 16.2. The van der Waals surface area contributed by atoms with E-state index in [2.05, 4.69) is 22.8 Å². The van der Waals surface area contributed by atoms with Gasteiger partial charge in [0.1, 0.15) is 5.54 Å². The first-order chi connectivity index (χ1) is 13.0. The van der Waals surface area contributed by atoms with Gasteiger partial charge in [0, 0.05) is 6.54 Å². The molecular weight excluding hydrogens is 338 g/mol. The predicted octanol–water partition coefficient (Wildman–Crippen LogP) is 3.27. The fourth-order valence-electron chi connectivity index (χ4n) is 4.27. The van der Waals surface area contributed by atoms with Crippen molar-refractivity contribution in [3.63, 3.8) is 0 Å². The normalized spacial score (nSPS) is 23.4. The summed E-state index contributed by atoms with van der Waals surface area (Å²) in [7, 11) is 0. The molecule has 5 heteroatoms. The second kappa shape index (κ2) is 8.70. The quantitative estimate of drug-likeness (QED) is 0.573. The van der Waals surface area contributed by atoms with E-state index in [1.165, 1.54) is 10.5 Å². The Bertz CT molecular complexity index is 691. The number of carbonyl (C=O) groups excluding carboxylic acids is 2. The van der Waals surface area contributed by atoms with Crippen LogP contribution in [0.5, 0.6) is 0 Å². The maximum absolute atomic E-state index is 13.4. The minimum Gasteiger partial charge on any atom is -0.323 e. The summed E-state index contributed by atoms with van der Waals surface area (Å²) in [6, 6.07) is 10.1. The molecular formula is C22H31N3O2. The van der Waals surface area contributed by atoms with Crippen molar-refractivity contribution >= 4 is 11.9 Å². The molecule has 1 aromatic carbocycles. The summed E-state index contributed by atoms with van der Waals surface area (Å²) in [5.41, 5.74) is 1.64. The molecule has 0 aromatic heterocycles. The molecule has 2 aliphatic heterocycles. The molecule has 0 radical (unpaired) electrons. The maximum Gasteiger partial charge on any atom is 0.325 e. The second-order valence-electron chi connectivity index (χ2n) is 7.96. The van der Waals surface area contributed by atoms with Crippen LogP contribution in [-0.4, -0.2) is 42.0 Å². The van der Waals surface area contributed by atoms with E-state index >= 15 is 0 Å². The van der Waals surface area contributed by atoms with E-state index in [1.807, 2.05) is 38.1 Å². The van der Waals surface area contributed by atoms with Gasteiger partial charge >= 0.3 is 6.03 Å². The third kappa shape index (κ3) is 4.41. The van der Waals surface area contributed by atoms with Crippen molar-refractivity contribution in [3.05, 3.63) is 47.5 Å². The Morgan fingerprint density at radius 1 is 1.19 bits per heavy atom. The number of hydrogen-bond donors (Lipinski definition) is 2. The van der Waals surface area contributed by atoms with Gasteiger partial charge in [0.15, 0.2) is 0 Å². The van der Waals surface area contributed by atoms with E-state index in [0.29, 0.717) is 13.0 Å². The topological polar surface area (TPSA) is 61.4 Å². The molecule has 27 heavy (non-hydrogen) atoms. The van der Waals surface area contributed by atoms with Crippen molar-refractivity contribution < 1.29 is 9.59 Å². The van der Waals surface area contributed by atoms with Crippen molar-refractivity contribution in [2.75, 3.05) is 19.6 Å². The smallest absolute Gasteiger partial charge is 0.323 e. The number of nitrogens with one attached hydrogen (secondary N) is 2. The van der Waals surface area contributed by atoms with Crippen LogP contribution in [0.25, 0.3) is 0 Å². The molecule has 2 aliphatic rings. The molecule has 0 saturated carbocycles. The van der Waals surface area contributed by atoms with Crippen LogP contribution < -0.4 is 10.6 Å². The molecule has 2 heterocycles. The van der Waals surface area contributed by atoms with E-state index in [-0.39, 0.29) is 17.9 Å². The van der Waals surface area contributed by atoms with Gasteiger partial charge in [-0.2, -0.15) is 0 Å². The molecule has 0 bridgehead atoms. The average molecular weight is 370 g/mol. The van der Waals surface area contributed by atoms with Gasteiger partial charge in [-0.15, -0.1) is 0 Å². The Balaban J connectivity index is 1.77. The fourth-order valence-corrected chi connectivity index (χ4v) is 4.27. The molecule has 146 valence electrons. The first-order valence-electron chi connectivity index (χ1n) is 10.0. The predicted molar refractivity (Wildman–Crippen MR) is 107 cm³/mol. The molecule has 0 aliphatic carbocycles. The van der Waals surface area contributed by atoms with Crippen LogP contribution >= 0.6 is 0 Å². The molecule has 0 unspecified atom stereocenters. The summed E-state index contributed by atoms with van der Waals surface area (Å²) >= 11 is 0. The molecule has 3 amide bonds. The van der Waals surface area contributed by atoms with E-state index in [4.69, 9.17) is 0 Å². The SMILES string of the molecule is CC(C)=CCN1C(=O)N[C@](CCCc2ccccc2)(C2CCNCC2)C1=O. The van der Waals surface area contributed by atoms with Crippen molar-refractivity contribution in [1.82, 2.24) is 15.5 Å². The maximum atomic E-state index is 13.4. The Morgan fingerprint density at radius 3 is 2.56 bits per heavy atom. The minimum absolute atomic E-state index is 0.0371. The van der Waals surface area contributed by atoms with Gasteiger partial charge in [-0.25, -0.2) is 4.79 Å². The Morgan fingerprint density at radius 2 is 1.89 bits per heavy atom. The number of allylic oxidation sites excluding steroid dienone is 1. The van der Waals surface area contributed by atoms with Crippen LogP contribution in [0.2, 0.25) is 0 Å². The van der Waals surface area contributed by atoms with Crippen LogP contribution in [0, 0.1) is 5.92 Å². The van der Waals surface area contributed by atoms with Gasteiger partial charge in [-0.1, -0.05) is 42.0 Å². The number of imide groups is 1. The van der Waals surface area contributed by atoms with Crippen molar-refractivity contribution in [2.24, 2.45) is 5.92 Å². The van der Waals surface area contributed by atoms with Crippen LogP contribution in [0.4, 0.5) is 4.79 Å². The highest BCUT2D eigenvalue weighted by Crippen LogP contribution is 2.36. The number of nitrogens with zero attached hydrogens (tertiary/aromatic N) is 1. The number of carbonyl (C=O) groups is 2. The van der Waals surface area contributed by atoms with Crippen LogP contribution in [0.15, 0.2) is 42.0 Å². The van der Waals surface area contributed by atoms with Gasteiger partial charge in [-0.05, 0) is 70.5 Å². The second-order valence-corrected chi connectivity index (χ2v) is 7.96. The summed E-state index contributed by atoms with van der Waals surface area (Å²) in [5, 5.41) is 6.49. The van der Waals surface area contributed by atoms with Gasteiger partial charge in [0.05, 0.1) is 0 Å². The largest absolute Gasteiger partial charge is 0.325 e. The first-order valence-corrected chi connectivity index (χ1v) is 10.0. The van der Waals surface area contributed by atoms with Crippen LogP contribution in [0.3, 0.4) is 0 Å². The molecule has 3 rings (SSSR count). The number of aryl methyl sites for hydroxylation is 1. The lowest BCUT2D eigenvalue weighted by atomic mass is 9.74. The zero-order chi connectivity index (χ0) is 19.3. The monoisotopic (exact) mass is 369 g/mol. The zero-order valence-electron chi connectivity index (χ0n) is 16.5. The molecule has 2 saturated heterocycles. The van der Waals surface area contributed by atoms with E-state index < -0.39 is 5.54 Å². The Hall–Kier alpha value is -2.14. The Labute approximate surface area is 162 Å². The highest BCUT2D eigenvalue weighted by Gasteiger charge is 2.54. The van der Waals surface area contributed by atoms with Gasteiger partial charge < -0.3 is 10.6 Å². The summed E-state index contributed by atoms with van der Waals surface area (Å²) in [4.78, 5) is 27.4. The van der Waals surface area contributed by atoms with E-state index in [0.717, 1.165) is 44.3 Å². The van der Waals surface area contributed by atoms with Gasteiger partial charge in [-0.3, -0.25) is 9.69 Å². The van der Waals surface area contributed by atoms with Crippen LogP contribution in [-0.2, 0) is 11.2 Å². The van der Waals surface area contributed by atoms with E-state index in [1.54, 1.807) is 0 Å². The lowest BCUT2D eigenvalue weighted by Crippen LogP contribution is -2.55. The van der Waals surface area contributed by atoms with Gasteiger partial charge in [0.25, 0.3) is 5.91 Å². The van der Waals surface area contributed by atoms with Crippen molar-refractivity contribution in [3.8, 4) is 0 Å². The summed E-state index contributed by atoms with van der Waals surface area (Å²) < 4.78 is 0. The number of hydrogen-bond acceptors (Lipinski definition) is 3. The molecule has 1 aromatic rings. The Kier molecular flexibility index (Phi) is 6.32. The number of amides is 3. The number of rotatable bonds is 7. The standard InChI is InChI=1S/C22H31N3O2/c1-17(2)12-16-25-20(26)22(24-21(25)27,19-10-14-23-15-11-19)13-6-9-18-7-4-3-5-8-18/h3-5,7-8,12,19,23H,6,9-11,13-16H2,1-2H3,(H,24,27)/t22-/m1/s1. The van der Waals surface area contributed by atoms with Crippen LogP contribution in [0.1, 0.15) is 45.1 Å². The molecule has 2 fully saturated rings. The third-order valence-corrected chi connectivity index (χ3v) is 5.80. The van der Waals surface area contributed by atoms with E-state index in [9.17, 15) is 9.59 Å². The zero-order valence-corrected chi connectivity index (χ0v) is 16.5. The third-order valence-electron chi connectivity index (χ3n) is 5.80. The highest BCUT2D eigenvalue weighted by molar-refractivity contribution is 6.07. The number of benzene rings is 1. The summed E-state index contributed by atoms with van der Waals surface area (Å²) in [5.74, 6) is 0.160. The van der Waals surface area contributed by atoms with Crippen molar-refractivity contribution in [2.45, 2.75) is 51.5 Å². The summed E-state index contributed by atoms with van der Waals surface area (Å²) in [6.07, 6.45) is 6.30. The first kappa shape index (κ1) is 19.6. The number of piperidine rings is 1. The molecule has 1 atom stereocenters. The van der Waals surface area contributed by atoms with Gasteiger partial charge in [0.2, 0.25) is 0 Å². The lowest BCUT2D eigenvalue weighted by Gasteiger charge is -2.38. The van der Waals surface area contributed by atoms with Crippen molar-refractivity contribution in [1.29, 1.82) is 0 Å². The molecule has 5 nitrogen and oxygen atoms in total. The number of urea groups is 1. The lowest BCUT2D eigenvalue weighted by molar-refractivity contribution is -0.133. The molecule has 0 spiro atoms. The average Bonchev–Trinajstić information content (AvgIpc) is 2.92. The summed E-state index contributed by atoms with van der Waals surface area (Å²) in [6.45, 7) is 6.14. The minimum atomic E-state index is -0.747. The fraction of sp³-hybridized carbons (Fsp3) is 0.545. The molecule has 2 N–H and O–H groups in total.